The zero-order valence-electron chi connectivity index (χ0n) is 18.5. The molecule has 1 aliphatic rings. The minimum absolute atomic E-state index is 0.248. The van der Waals surface area contributed by atoms with E-state index in [0.717, 1.165) is 38.2 Å². The Labute approximate surface area is 188 Å². The maximum absolute atomic E-state index is 12.7. The van der Waals surface area contributed by atoms with Gasteiger partial charge in [0, 0.05) is 19.2 Å². The predicted octanol–water partition coefficient (Wildman–Crippen LogP) is 4.21. The van der Waals surface area contributed by atoms with E-state index < -0.39 is 0 Å². The maximum atomic E-state index is 12.7. The van der Waals surface area contributed by atoms with Crippen molar-refractivity contribution >= 4 is 17.4 Å². The normalized spacial score (nSPS) is 14.1. The molecule has 0 unspecified atom stereocenters. The van der Waals surface area contributed by atoms with Crippen LogP contribution < -0.4 is 19.7 Å². The van der Waals surface area contributed by atoms with Crippen molar-refractivity contribution in [2.45, 2.75) is 19.3 Å². The van der Waals surface area contributed by atoms with Gasteiger partial charge in [-0.1, -0.05) is 30.3 Å². The third kappa shape index (κ3) is 5.17. The van der Waals surface area contributed by atoms with Crippen LogP contribution in [0.4, 0.5) is 11.5 Å². The number of carbonyl (C=O) groups is 1. The number of nitrogens with zero attached hydrogens (tertiary/aromatic N) is 3. The topological polar surface area (TPSA) is 76.6 Å². The standard InChI is InChI=1S/C25H28N4O3/c1-31-20-8-10-23(32-2)22(17-20)26-25(30)21-9-11-24(28-27-21)29-14-12-19(13-15-29)16-18-6-4-3-5-7-18/h3-11,17,19H,12-16H2,1-2H3,(H,26,30). The second-order valence-corrected chi connectivity index (χ2v) is 7.92. The lowest BCUT2D eigenvalue weighted by atomic mass is 9.90. The van der Waals surface area contributed by atoms with E-state index in [-0.39, 0.29) is 11.6 Å². The summed E-state index contributed by atoms with van der Waals surface area (Å²) in [5.41, 5.74) is 2.16. The van der Waals surface area contributed by atoms with Gasteiger partial charge < -0.3 is 19.7 Å². The number of piperidine rings is 1. The highest BCUT2D eigenvalue weighted by Gasteiger charge is 2.21. The van der Waals surface area contributed by atoms with Gasteiger partial charge in [0.1, 0.15) is 11.5 Å². The highest BCUT2D eigenvalue weighted by atomic mass is 16.5. The highest BCUT2D eigenvalue weighted by molar-refractivity contribution is 6.03. The van der Waals surface area contributed by atoms with Crippen LogP contribution in [0.3, 0.4) is 0 Å². The number of nitrogens with one attached hydrogen (secondary N) is 1. The molecule has 2 heterocycles. The van der Waals surface area contributed by atoms with Crippen molar-refractivity contribution in [3.05, 3.63) is 71.9 Å². The molecule has 1 aromatic heterocycles. The van der Waals surface area contributed by atoms with Crippen LogP contribution in [0, 0.1) is 5.92 Å². The molecule has 7 heteroatoms. The Kier molecular flexibility index (Phi) is 6.84. The van der Waals surface area contributed by atoms with E-state index in [4.69, 9.17) is 9.47 Å². The number of benzene rings is 2. The number of anilines is 2. The van der Waals surface area contributed by atoms with Crippen LogP contribution in [0.2, 0.25) is 0 Å². The van der Waals surface area contributed by atoms with Gasteiger partial charge in [-0.3, -0.25) is 4.79 Å². The summed E-state index contributed by atoms with van der Waals surface area (Å²) in [7, 11) is 3.12. The van der Waals surface area contributed by atoms with Gasteiger partial charge in [0.25, 0.3) is 5.91 Å². The number of aromatic nitrogens is 2. The summed E-state index contributed by atoms with van der Waals surface area (Å²) in [5, 5.41) is 11.3. The van der Waals surface area contributed by atoms with Crippen molar-refractivity contribution < 1.29 is 14.3 Å². The van der Waals surface area contributed by atoms with Gasteiger partial charge in [0.05, 0.1) is 19.9 Å². The molecule has 3 aromatic rings. The summed E-state index contributed by atoms with van der Waals surface area (Å²) in [6, 6.07) is 19.4. The molecule has 1 amide bonds. The first-order valence-electron chi connectivity index (χ1n) is 10.8. The molecule has 0 spiro atoms. The van der Waals surface area contributed by atoms with E-state index in [2.05, 4.69) is 50.7 Å². The number of carbonyl (C=O) groups excluding carboxylic acids is 1. The van der Waals surface area contributed by atoms with E-state index in [1.165, 1.54) is 5.56 Å². The Morgan fingerprint density at radius 3 is 2.44 bits per heavy atom. The first kappa shape index (κ1) is 21.6. The lowest BCUT2D eigenvalue weighted by molar-refractivity contribution is 0.102. The van der Waals surface area contributed by atoms with Gasteiger partial charge in [-0.2, -0.15) is 0 Å². The SMILES string of the molecule is COc1ccc(OC)c(NC(=O)c2ccc(N3CCC(Cc4ccccc4)CC3)nn2)c1. The average molecular weight is 433 g/mol. The molecule has 0 aliphatic carbocycles. The first-order valence-corrected chi connectivity index (χ1v) is 10.8. The van der Waals surface area contributed by atoms with Crippen molar-refractivity contribution in [2.24, 2.45) is 5.92 Å². The highest BCUT2D eigenvalue weighted by Crippen LogP contribution is 2.29. The predicted molar refractivity (Wildman–Crippen MR) is 125 cm³/mol. The molecule has 0 radical (unpaired) electrons. The third-order valence-electron chi connectivity index (χ3n) is 5.84. The fraction of sp³-hybridized carbons (Fsp3) is 0.320. The Hall–Kier alpha value is -3.61. The summed E-state index contributed by atoms with van der Waals surface area (Å²) in [6.07, 6.45) is 3.36. The molecule has 32 heavy (non-hydrogen) atoms. The lowest BCUT2D eigenvalue weighted by Gasteiger charge is -2.32. The van der Waals surface area contributed by atoms with Crippen LogP contribution in [-0.4, -0.2) is 43.4 Å². The van der Waals surface area contributed by atoms with Crippen molar-refractivity contribution in [1.82, 2.24) is 10.2 Å². The molecule has 0 saturated carbocycles. The van der Waals surface area contributed by atoms with E-state index >= 15 is 0 Å². The van der Waals surface area contributed by atoms with Crippen LogP contribution in [0.1, 0.15) is 28.9 Å². The molecule has 1 fully saturated rings. The second kappa shape index (κ2) is 10.1. The van der Waals surface area contributed by atoms with E-state index in [9.17, 15) is 4.79 Å². The lowest BCUT2D eigenvalue weighted by Crippen LogP contribution is -2.35. The van der Waals surface area contributed by atoms with Gasteiger partial charge in [-0.25, -0.2) is 0 Å². The minimum Gasteiger partial charge on any atom is -0.497 e. The van der Waals surface area contributed by atoms with Gasteiger partial charge in [-0.15, -0.1) is 10.2 Å². The van der Waals surface area contributed by atoms with Crippen molar-refractivity contribution in [1.29, 1.82) is 0 Å². The molecule has 0 atom stereocenters. The molecule has 2 aromatic carbocycles. The van der Waals surface area contributed by atoms with Crippen LogP contribution >= 0.6 is 0 Å². The van der Waals surface area contributed by atoms with Crippen LogP contribution in [0.25, 0.3) is 0 Å². The Balaban J connectivity index is 1.35. The molecule has 1 aliphatic heterocycles. The van der Waals surface area contributed by atoms with Crippen LogP contribution in [0.5, 0.6) is 11.5 Å². The van der Waals surface area contributed by atoms with E-state index in [1.807, 2.05) is 6.07 Å². The Bertz CT molecular complexity index is 1030. The summed E-state index contributed by atoms with van der Waals surface area (Å²) in [6.45, 7) is 1.89. The number of rotatable bonds is 7. The smallest absolute Gasteiger partial charge is 0.276 e. The first-order chi connectivity index (χ1) is 15.7. The molecule has 0 bridgehead atoms. The molecule has 7 nitrogen and oxygen atoms in total. The monoisotopic (exact) mass is 432 g/mol. The van der Waals surface area contributed by atoms with Crippen molar-refractivity contribution in [3.63, 3.8) is 0 Å². The van der Waals surface area contributed by atoms with E-state index in [1.54, 1.807) is 38.5 Å². The molecule has 1 N–H and O–H groups in total. The molecular weight excluding hydrogens is 404 g/mol. The molecular formula is C25H28N4O3. The van der Waals surface area contributed by atoms with Crippen molar-refractivity contribution in [2.75, 3.05) is 37.5 Å². The number of hydrogen-bond acceptors (Lipinski definition) is 6. The zero-order valence-corrected chi connectivity index (χ0v) is 18.5. The van der Waals surface area contributed by atoms with Gasteiger partial charge >= 0.3 is 0 Å². The van der Waals surface area contributed by atoms with Crippen molar-refractivity contribution in [3.8, 4) is 11.5 Å². The third-order valence-corrected chi connectivity index (χ3v) is 5.84. The fourth-order valence-corrected chi connectivity index (χ4v) is 4.03. The largest absolute Gasteiger partial charge is 0.497 e. The second-order valence-electron chi connectivity index (χ2n) is 7.92. The molecule has 166 valence electrons. The summed E-state index contributed by atoms with van der Waals surface area (Å²) in [4.78, 5) is 14.9. The zero-order chi connectivity index (χ0) is 22.3. The fourth-order valence-electron chi connectivity index (χ4n) is 4.03. The summed E-state index contributed by atoms with van der Waals surface area (Å²) in [5.74, 6) is 2.31. The molecule has 4 rings (SSSR count). The average Bonchev–Trinajstić information content (AvgIpc) is 2.85. The number of methoxy groups -OCH3 is 2. The van der Waals surface area contributed by atoms with Gasteiger partial charge in [0.15, 0.2) is 11.5 Å². The van der Waals surface area contributed by atoms with Crippen LogP contribution in [-0.2, 0) is 6.42 Å². The summed E-state index contributed by atoms with van der Waals surface area (Å²) < 4.78 is 10.5. The maximum Gasteiger partial charge on any atom is 0.276 e. The minimum atomic E-state index is -0.350. The number of amides is 1. The van der Waals surface area contributed by atoms with Gasteiger partial charge in [0.2, 0.25) is 0 Å². The summed E-state index contributed by atoms with van der Waals surface area (Å²) >= 11 is 0. The van der Waals surface area contributed by atoms with Crippen LogP contribution in [0.15, 0.2) is 60.7 Å². The Morgan fingerprint density at radius 2 is 1.78 bits per heavy atom. The van der Waals surface area contributed by atoms with E-state index in [0.29, 0.717) is 23.1 Å². The molecule has 1 saturated heterocycles. The Morgan fingerprint density at radius 1 is 1.00 bits per heavy atom. The number of ether oxygens (including phenoxy) is 2. The number of hydrogen-bond donors (Lipinski definition) is 1. The van der Waals surface area contributed by atoms with Gasteiger partial charge in [-0.05, 0) is 55.0 Å². The quantitative estimate of drug-likeness (QED) is 0.603.